The Kier molecular flexibility index (Phi) is 2.99. The Labute approximate surface area is 116 Å². The van der Waals surface area contributed by atoms with Crippen molar-refractivity contribution in [1.82, 2.24) is 10.2 Å². The van der Waals surface area contributed by atoms with E-state index in [1.54, 1.807) is 6.07 Å². The van der Waals surface area contributed by atoms with Crippen LogP contribution in [0.3, 0.4) is 0 Å². The minimum atomic E-state index is -0.286. The van der Waals surface area contributed by atoms with Gasteiger partial charge in [0.25, 0.3) is 0 Å². The third-order valence-corrected chi connectivity index (χ3v) is 3.21. The maximum atomic E-state index is 13.4. The van der Waals surface area contributed by atoms with Gasteiger partial charge in [0.2, 0.25) is 0 Å². The van der Waals surface area contributed by atoms with E-state index in [4.69, 9.17) is 5.73 Å². The van der Waals surface area contributed by atoms with E-state index in [0.717, 1.165) is 27.9 Å². The number of nitrogens with one attached hydrogen (secondary N) is 1. The van der Waals surface area contributed by atoms with Gasteiger partial charge in [0.05, 0.1) is 11.3 Å². The molecule has 20 heavy (non-hydrogen) atoms. The lowest BCUT2D eigenvalue weighted by atomic mass is 9.99. The fourth-order valence-corrected chi connectivity index (χ4v) is 2.30. The molecule has 0 fully saturated rings. The molecule has 0 spiro atoms. The molecule has 0 saturated carbocycles. The van der Waals surface area contributed by atoms with Crippen molar-refractivity contribution in [3.63, 3.8) is 0 Å². The lowest BCUT2D eigenvalue weighted by Gasteiger charge is -2.06. The molecule has 3 aromatic rings. The van der Waals surface area contributed by atoms with Crippen LogP contribution in [0.2, 0.25) is 0 Å². The summed E-state index contributed by atoms with van der Waals surface area (Å²) in [5.41, 5.74) is 10.3. The lowest BCUT2D eigenvalue weighted by Crippen LogP contribution is -1.89. The fourth-order valence-electron chi connectivity index (χ4n) is 2.30. The van der Waals surface area contributed by atoms with Crippen molar-refractivity contribution < 1.29 is 4.39 Å². The van der Waals surface area contributed by atoms with Crippen LogP contribution in [0, 0.1) is 12.7 Å². The molecule has 0 aliphatic heterocycles. The zero-order valence-corrected chi connectivity index (χ0v) is 11.0. The second-order valence-electron chi connectivity index (χ2n) is 4.74. The van der Waals surface area contributed by atoms with Gasteiger partial charge in [-0.3, -0.25) is 5.10 Å². The summed E-state index contributed by atoms with van der Waals surface area (Å²) in [5.74, 6) is 0.126. The third-order valence-electron chi connectivity index (χ3n) is 3.21. The highest BCUT2D eigenvalue weighted by atomic mass is 19.1. The van der Waals surface area contributed by atoms with Gasteiger partial charge < -0.3 is 5.73 Å². The highest BCUT2D eigenvalue weighted by Gasteiger charge is 2.15. The van der Waals surface area contributed by atoms with E-state index in [0.29, 0.717) is 5.82 Å². The summed E-state index contributed by atoms with van der Waals surface area (Å²) in [6.45, 7) is 2.02. The van der Waals surface area contributed by atoms with E-state index in [1.165, 1.54) is 12.1 Å². The van der Waals surface area contributed by atoms with Gasteiger partial charge in [-0.15, -0.1) is 0 Å². The maximum Gasteiger partial charge on any atom is 0.153 e. The zero-order chi connectivity index (χ0) is 14.1. The Balaban J connectivity index is 2.20. The van der Waals surface area contributed by atoms with Crippen molar-refractivity contribution in [3.8, 4) is 22.4 Å². The molecule has 0 aliphatic rings. The van der Waals surface area contributed by atoms with Crippen molar-refractivity contribution >= 4 is 5.82 Å². The van der Waals surface area contributed by atoms with Crippen LogP contribution in [0.15, 0.2) is 48.5 Å². The van der Waals surface area contributed by atoms with Crippen molar-refractivity contribution in [1.29, 1.82) is 0 Å². The molecule has 0 saturated heterocycles. The summed E-state index contributed by atoms with van der Waals surface area (Å²) >= 11 is 0. The van der Waals surface area contributed by atoms with Crippen molar-refractivity contribution in [2.45, 2.75) is 6.92 Å². The monoisotopic (exact) mass is 267 g/mol. The molecule has 2 aromatic carbocycles. The van der Waals surface area contributed by atoms with E-state index in [1.807, 2.05) is 37.3 Å². The van der Waals surface area contributed by atoms with Crippen LogP contribution in [-0.4, -0.2) is 10.2 Å². The average molecular weight is 267 g/mol. The quantitative estimate of drug-likeness (QED) is 0.742. The number of nitrogen functional groups attached to an aromatic ring is 1. The molecular formula is C16H14FN3. The minimum Gasteiger partial charge on any atom is -0.382 e. The molecule has 3 N–H and O–H groups in total. The first-order chi connectivity index (χ1) is 9.65. The number of nitrogens with two attached hydrogens (primary N) is 1. The summed E-state index contributed by atoms with van der Waals surface area (Å²) in [4.78, 5) is 0. The molecule has 0 amide bonds. The van der Waals surface area contributed by atoms with Gasteiger partial charge in [0, 0.05) is 5.56 Å². The van der Waals surface area contributed by atoms with Gasteiger partial charge in [-0.1, -0.05) is 42.0 Å². The second-order valence-corrected chi connectivity index (χ2v) is 4.74. The standard InChI is InChI=1S/C16H14FN3/c1-10-4-2-5-11(8-10)14-15(19-20-16(14)18)12-6-3-7-13(17)9-12/h2-9H,1H3,(H3,18,19,20). The number of aromatic amines is 1. The summed E-state index contributed by atoms with van der Waals surface area (Å²) in [6.07, 6.45) is 0. The first-order valence-corrected chi connectivity index (χ1v) is 6.32. The van der Waals surface area contributed by atoms with Crippen LogP contribution >= 0.6 is 0 Å². The Morgan fingerprint density at radius 2 is 1.80 bits per heavy atom. The number of anilines is 1. The predicted molar refractivity (Wildman–Crippen MR) is 78.6 cm³/mol. The molecule has 3 rings (SSSR count). The molecular weight excluding hydrogens is 253 g/mol. The number of rotatable bonds is 2. The number of aryl methyl sites for hydroxylation is 1. The third kappa shape index (κ3) is 2.16. The van der Waals surface area contributed by atoms with E-state index in [9.17, 15) is 4.39 Å². The Morgan fingerprint density at radius 1 is 1.05 bits per heavy atom. The maximum absolute atomic E-state index is 13.4. The van der Waals surface area contributed by atoms with Crippen LogP contribution in [0.5, 0.6) is 0 Å². The van der Waals surface area contributed by atoms with Crippen molar-refractivity contribution in [2.24, 2.45) is 0 Å². The highest BCUT2D eigenvalue weighted by molar-refractivity contribution is 5.87. The second kappa shape index (κ2) is 4.81. The van der Waals surface area contributed by atoms with E-state index in [2.05, 4.69) is 10.2 Å². The molecule has 0 aliphatic carbocycles. The molecule has 0 unspecified atom stereocenters. The van der Waals surface area contributed by atoms with Crippen LogP contribution < -0.4 is 5.73 Å². The van der Waals surface area contributed by atoms with Crippen molar-refractivity contribution in [2.75, 3.05) is 5.73 Å². The van der Waals surface area contributed by atoms with Crippen LogP contribution in [-0.2, 0) is 0 Å². The number of benzene rings is 2. The highest BCUT2D eigenvalue weighted by Crippen LogP contribution is 2.35. The Bertz CT molecular complexity index is 762. The number of hydrogen-bond acceptors (Lipinski definition) is 2. The minimum absolute atomic E-state index is 0.286. The molecule has 1 aromatic heterocycles. The van der Waals surface area contributed by atoms with Crippen LogP contribution in [0.25, 0.3) is 22.4 Å². The number of halogens is 1. The summed E-state index contributed by atoms with van der Waals surface area (Å²) < 4.78 is 13.4. The van der Waals surface area contributed by atoms with E-state index in [-0.39, 0.29) is 5.82 Å². The molecule has 100 valence electrons. The van der Waals surface area contributed by atoms with E-state index < -0.39 is 0 Å². The number of nitrogens with zero attached hydrogens (tertiary/aromatic N) is 1. The smallest absolute Gasteiger partial charge is 0.153 e. The normalized spacial score (nSPS) is 10.7. The number of aromatic nitrogens is 2. The summed E-state index contributed by atoms with van der Waals surface area (Å²) in [7, 11) is 0. The van der Waals surface area contributed by atoms with Gasteiger partial charge >= 0.3 is 0 Å². The molecule has 0 atom stereocenters. The van der Waals surface area contributed by atoms with Gasteiger partial charge in [-0.05, 0) is 24.6 Å². The summed E-state index contributed by atoms with van der Waals surface area (Å²) in [5, 5.41) is 6.95. The van der Waals surface area contributed by atoms with Crippen LogP contribution in [0.4, 0.5) is 10.2 Å². The first-order valence-electron chi connectivity index (χ1n) is 6.32. The molecule has 1 heterocycles. The SMILES string of the molecule is Cc1cccc(-c2c(N)n[nH]c2-c2cccc(F)c2)c1. The van der Waals surface area contributed by atoms with Gasteiger partial charge in [0.15, 0.2) is 5.82 Å². The number of H-pyrrole nitrogens is 1. The topological polar surface area (TPSA) is 54.7 Å². The molecule has 3 nitrogen and oxygen atoms in total. The molecule has 4 heteroatoms. The Hall–Kier alpha value is -2.62. The average Bonchev–Trinajstić information content (AvgIpc) is 2.80. The molecule has 0 bridgehead atoms. The van der Waals surface area contributed by atoms with Crippen molar-refractivity contribution in [3.05, 3.63) is 59.9 Å². The van der Waals surface area contributed by atoms with Crippen LogP contribution in [0.1, 0.15) is 5.56 Å². The predicted octanol–water partition coefficient (Wildman–Crippen LogP) is 3.77. The lowest BCUT2D eigenvalue weighted by molar-refractivity contribution is 0.628. The number of hydrogen-bond donors (Lipinski definition) is 2. The van der Waals surface area contributed by atoms with Gasteiger partial charge in [-0.2, -0.15) is 5.10 Å². The summed E-state index contributed by atoms with van der Waals surface area (Å²) in [6, 6.07) is 14.4. The largest absolute Gasteiger partial charge is 0.382 e. The zero-order valence-electron chi connectivity index (χ0n) is 11.0. The Morgan fingerprint density at radius 3 is 2.55 bits per heavy atom. The van der Waals surface area contributed by atoms with E-state index >= 15 is 0 Å². The van der Waals surface area contributed by atoms with Gasteiger partial charge in [-0.25, -0.2) is 4.39 Å². The first kappa shape index (κ1) is 12.4. The van der Waals surface area contributed by atoms with Gasteiger partial charge in [0.1, 0.15) is 5.82 Å². The molecule has 0 radical (unpaired) electrons. The fraction of sp³-hybridized carbons (Fsp3) is 0.0625.